The Bertz CT molecular complexity index is 915. The lowest BCUT2D eigenvalue weighted by Crippen LogP contribution is -2.20. The van der Waals surface area contributed by atoms with Gasteiger partial charge in [0.2, 0.25) is 0 Å². The predicted molar refractivity (Wildman–Crippen MR) is 89.2 cm³/mol. The highest BCUT2D eigenvalue weighted by Gasteiger charge is 2.19. The molecular weight excluding hydrogens is 312 g/mol. The normalized spacial score (nSPS) is 10.7. The number of primary amides is 1. The highest BCUT2D eigenvalue weighted by Crippen LogP contribution is 2.35. The fourth-order valence-electron chi connectivity index (χ4n) is 2.19. The van der Waals surface area contributed by atoms with E-state index in [1.165, 1.54) is 22.1 Å². The van der Waals surface area contributed by atoms with Crippen molar-refractivity contribution >= 4 is 17.2 Å². The minimum Gasteiger partial charge on any atom is -0.364 e. The van der Waals surface area contributed by atoms with Crippen LogP contribution in [0, 0.1) is 0 Å². The van der Waals surface area contributed by atoms with Crippen molar-refractivity contribution in [2.24, 2.45) is 5.73 Å². The topological polar surface area (TPSA) is 90.9 Å². The summed E-state index contributed by atoms with van der Waals surface area (Å²) in [6.45, 7) is 2.31. The molecule has 2 aromatic heterocycles. The van der Waals surface area contributed by atoms with Crippen LogP contribution in [0.4, 0.5) is 0 Å². The van der Waals surface area contributed by atoms with Gasteiger partial charge in [0.1, 0.15) is 5.69 Å². The van der Waals surface area contributed by atoms with Crippen molar-refractivity contribution in [3.05, 3.63) is 57.8 Å². The molecule has 0 bridgehead atoms. The Labute approximate surface area is 136 Å². The molecule has 0 unspecified atom stereocenters. The highest BCUT2D eigenvalue weighted by molar-refractivity contribution is 7.17. The third-order valence-corrected chi connectivity index (χ3v) is 4.38. The van der Waals surface area contributed by atoms with Gasteiger partial charge in [-0.3, -0.25) is 9.59 Å². The van der Waals surface area contributed by atoms with Crippen LogP contribution < -0.4 is 11.3 Å². The minimum absolute atomic E-state index is 0.169. The third kappa shape index (κ3) is 2.91. The van der Waals surface area contributed by atoms with E-state index in [1.807, 2.05) is 37.3 Å². The first-order valence-electron chi connectivity index (χ1n) is 7.04. The fourth-order valence-corrected chi connectivity index (χ4v) is 3.09. The van der Waals surface area contributed by atoms with E-state index in [1.54, 1.807) is 6.07 Å². The second kappa shape index (κ2) is 6.13. The number of nitrogens with zero attached hydrogens (tertiary/aromatic N) is 3. The van der Waals surface area contributed by atoms with Crippen LogP contribution >= 0.6 is 11.3 Å². The summed E-state index contributed by atoms with van der Waals surface area (Å²) in [6.07, 6.45) is 0. The molecule has 0 radical (unpaired) electrons. The maximum atomic E-state index is 11.7. The van der Waals surface area contributed by atoms with Crippen molar-refractivity contribution in [3.8, 4) is 21.8 Å². The van der Waals surface area contributed by atoms with E-state index in [4.69, 9.17) is 5.73 Å². The van der Waals surface area contributed by atoms with Gasteiger partial charge in [0.15, 0.2) is 5.01 Å². The largest absolute Gasteiger partial charge is 0.364 e. The first-order valence-corrected chi connectivity index (χ1v) is 7.86. The SMILES string of the molecule is CCn1nc(-c2sc(C(N)=O)nc2-c2ccccc2)ccc1=O. The monoisotopic (exact) mass is 326 g/mol. The lowest BCUT2D eigenvalue weighted by molar-refractivity contribution is 0.1000. The average Bonchev–Trinajstić information content (AvgIpc) is 3.02. The maximum Gasteiger partial charge on any atom is 0.277 e. The molecule has 0 saturated carbocycles. The Morgan fingerprint density at radius 1 is 1.22 bits per heavy atom. The van der Waals surface area contributed by atoms with Gasteiger partial charge in [0.25, 0.3) is 11.5 Å². The predicted octanol–water partition coefficient (Wildman–Crippen LogP) is 2.15. The highest BCUT2D eigenvalue weighted by atomic mass is 32.1. The van der Waals surface area contributed by atoms with Gasteiger partial charge in [-0.15, -0.1) is 11.3 Å². The zero-order valence-corrected chi connectivity index (χ0v) is 13.2. The van der Waals surface area contributed by atoms with E-state index in [-0.39, 0.29) is 10.6 Å². The van der Waals surface area contributed by atoms with E-state index in [9.17, 15) is 9.59 Å². The van der Waals surface area contributed by atoms with Crippen LogP contribution in [0.3, 0.4) is 0 Å². The Hall–Kier alpha value is -2.80. The van der Waals surface area contributed by atoms with E-state index in [0.717, 1.165) is 5.56 Å². The zero-order valence-electron chi connectivity index (χ0n) is 12.4. The molecule has 0 spiro atoms. The molecule has 0 fully saturated rings. The number of hydrogen-bond donors (Lipinski definition) is 1. The molecule has 23 heavy (non-hydrogen) atoms. The molecule has 1 amide bonds. The molecule has 3 aromatic rings. The lowest BCUT2D eigenvalue weighted by atomic mass is 10.1. The smallest absolute Gasteiger partial charge is 0.277 e. The molecule has 7 heteroatoms. The van der Waals surface area contributed by atoms with Gasteiger partial charge in [0, 0.05) is 18.2 Å². The number of thiazole rings is 1. The maximum absolute atomic E-state index is 11.7. The van der Waals surface area contributed by atoms with Crippen LogP contribution in [-0.2, 0) is 6.54 Å². The standard InChI is InChI=1S/C16H14N4O2S/c1-2-20-12(21)9-8-11(19-20)14-13(10-6-4-3-5-7-10)18-16(23-14)15(17)22/h3-9H,2H2,1H3,(H2,17,22). The first-order chi connectivity index (χ1) is 11.1. The summed E-state index contributed by atoms with van der Waals surface area (Å²) in [6, 6.07) is 12.6. The Balaban J connectivity index is 2.22. The average molecular weight is 326 g/mol. The van der Waals surface area contributed by atoms with Gasteiger partial charge < -0.3 is 5.73 Å². The molecule has 0 aliphatic carbocycles. The zero-order chi connectivity index (χ0) is 16.4. The van der Waals surface area contributed by atoms with Gasteiger partial charge >= 0.3 is 0 Å². The molecule has 2 heterocycles. The summed E-state index contributed by atoms with van der Waals surface area (Å²) in [4.78, 5) is 28.3. The number of hydrogen-bond acceptors (Lipinski definition) is 5. The van der Waals surface area contributed by atoms with E-state index in [0.29, 0.717) is 22.8 Å². The molecule has 2 N–H and O–H groups in total. The molecule has 1 aromatic carbocycles. The van der Waals surface area contributed by atoms with Gasteiger partial charge in [-0.2, -0.15) is 5.10 Å². The summed E-state index contributed by atoms with van der Waals surface area (Å²) in [5.41, 5.74) is 7.29. The molecule has 0 aliphatic heterocycles. The summed E-state index contributed by atoms with van der Waals surface area (Å²) in [5, 5.41) is 4.56. The molecule has 3 rings (SSSR count). The summed E-state index contributed by atoms with van der Waals surface area (Å²) in [5.74, 6) is -0.581. The van der Waals surface area contributed by atoms with Gasteiger partial charge in [-0.25, -0.2) is 9.67 Å². The van der Waals surface area contributed by atoms with Crippen LogP contribution in [0.1, 0.15) is 16.7 Å². The molecule has 116 valence electrons. The van der Waals surface area contributed by atoms with E-state index >= 15 is 0 Å². The quantitative estimate of drug-likeness (QED) is 0.795. The third-order valence-electron chi connectivity index (χ3n) is 3.28. The number of aryl methyl sites for hydroxylation is 1. The van der Waals surface area contributed by atoms with Crippen LogP contribution in [0.25, 0.3) is 21.8 Å². The van der Waals surface area contributed by atoms with Gasteiger partial charge in [-0.05, 0) is 13.0 Å². The first kappa shape index (κ1) is 15.1. The minimum atomic E-state index is -0.581. The second-order valence-electron chi connectivity index (χ2n) is 4.80. The molecule has 6 nitrogen and oxygen atoms in total. The number of rotatable bonds is 4. The second-order valence-corrected chi connectivity index (χ2v) is 5.80. The number of amides is 1. The van der Waals surface area contributed by atoms with E-state index in [2.05, 4.69) is 10.1 Å². The fraction of sp³-hybridized carbons (Fsp3) is 0.125. The molecule has 0 aliphatic rings. The van der Waals surface area contributed by atoms with Gasteiger partial charge in [-0.1, -0.05) is 30.3 Å². The summed E-state index contributed by atoms with van der Waals surface area (Å²) < 4.78 is 1.37. The summed E-state index contributed by atoms with van der Waals surface area (Å²) in [7, 11) is 0. The number of nitrogens with two attached hydrogens (primary N) is 1. The van der Waals surface area contributed by atoms with Crippen molar-refractivity contribution in [1.82, 2.24) is 14.8 Å². The van der Waals surface area contributed by atoms with Crippen molar-refractivity contribution < 1.29 is 4.79 Å². The van der Waals surface area contributed by atoms with Crippen LogP contribution in [0.15, 0.2) is 47.3 Å². The Kier molecular flexibility index (Phi) is 4.03. The van der Waals surface area contributed by atoms with Crippen LogP contribution in [-0.4, -0.2) is 20.7 Å². The number of carbonyl (C=O) groups is 1. The Morgan fingerprint density at radius 3 is 2.61 bits per heavy atom. The van der Waals surface area contributed by atoms with Crippen LogP contribution in [0.5, 0.6) is 0 Å². The molecule has 0 atom stereocenters. The molecule has 0 saturated heterocycles. The van der Waals surface area contributed by atoms with E-state index < -0.39 is 5.91 Å². The Morgan fingerprint density at radius 2 is 1.96 bits per heavy atom. The molecular formula is C16H14N4O2S. The van der Waals surface area contributed by atoms with Crippen LogP contribution in [0.2, 0.25) is 0 Å². The lowest BCUT2D eigenvalue weighted by Gasteiger charge is -2.05. The number of benzene rings is 1. The van der Waals surface area contributed by atoms with Gasteiger partial charge in [0.05, 0.1) is 10.6 Å². The number of carbonyl (C=O) groups excluding carboxylic acids is 1. The van der Waals surface area contributed by atoms with Crippen molar-refractivity contribution in [3.63, 3.8) is 0 Å². The van der Waals surface area contributed by atoms with Crippen molar-refractivity contribution in [1.29, 1.82) is 0 Å². The van der Waals surface area contributed by atoms with Crippen molar-refractivity contribution in [2.45, 2.75) is 13.5 Å². The summed E-state index contributed by atoms with van der Waals surface area (Å²) >= 11 is 1.18. The number of aromatic nitrogens is 3. The van der Waals surface area contributed by atoms with Crippen molar-refractivity contribution in [2.75, 3.05) is 0 Å².